The first-order valence-electron chi connectivity index (χ1n) is 6.10. The molecule has 0 aliphatic rings. The van der Waals surface area contributed by atoms with Gasteiger partial charge in [-0.05, 0) is 42.7 Å². The van der Waals surface area contributed by atoms with Crippen LogP contribution in [-0.2, 0) is 11.2 Å². The molecule has 2 aromatic rings. The Morgan fingerprint density at radius 2 is 2.37 bits per heavy atom. The zero-order valence-electron chi connectivity index (χ0n) is 10.9. The van der Waals surface area contributed by atoms with E-state index in [1.54, 1.807) is 18.3 Å². The first-order chi connectivity index (χ1) is 9.20. The molecule has 0 saturated heterocycles. The van der Waals surface area contributed by atoms with Gasteiger partial charge in [-0.25, -0.2) is 9.78 Å². The normalized spacial score (nSPS) is 10.4. The first kappa shape index (κ1) is 14.0. The van der Waals surface area contributed by atoms with Gasteiger partial charge in [0.25, 0.3) is 0 Å². The number of aryl methyl sites for hydroxylation is 1. The van der Waals surface area contributed by atoms with Gasteiger partial charge >= 0.3 is 5.97 Å². The zero-order valence-corrected chi connectivity index (χ0v) is 12.6. The number of carbonyl (C=O) groups excluding carboxylic acids is 1. The van der Waals surface area contributed by atoms with Crippen LogP contribution in [-0.4, -0.2) is 24.1 Å². The maximum Gasteiger partial charge on any atom is 0.358 e. The lowest BCUT2D eigenvalue weighted by molar-refractivity contribution is 0.0519. The molecule has 2 heterocycles. The van der Waals surface area contributed by atoms with Gasteiger partial charge in [0.2, 0.25) is 0 Å². The molecule has 102 valence electrons. The van der Waals surface area contributed by atoms with Crippen molar-refractivity contribution in [3.63, 3.8) is 0 Å². The highest BCUT2D eigenvalue weighted by molar-refractivity contribution is 7.15. The molecule has 0 aliphatic carbocycles. The Labute approximate surface area is 120 Å². The Kier molecular flexibility index (Phi) is 4.93. The maximum absolute atomic E-state index is 11.6. The number of esters is 1. The number of hydrogen-bond donors (Lipinski definition) is 1. The molecule has 2 aromatic heterocycles. The summed E-state index contributed by atoms with van der Waals surface area (Å²) in [5, 5.41) is 8.23. The molecule has 0 atom stereocenters. The Morgan fingerprint density at radius 3 is 3.05 bits per heavy atom. The molecule has 0 aromatic carbocycles. The second kappa shape index (κ2) is 6.68. The van der Waals surface area contributed by atoms with Crippen molar-refractivity contribution in [3.05, 3.63) is 33.0 Å². The predicted octanol–water partition coefficient (Wildman–Crippen LogP) is 3.34. The summed E-state index contributed by atoms with van der Waals surface area (Å²) in [7, 11) is 0. The third kappa shape index (κ3) is 3.78. The zero-order chi connectivity index (χ0) is 13.7. The van der Waals surface area contributed by atoms with E-state index >= 15 is 0 Å². The number of aromatic nitrogens is 1. The SMILES string of the molecule is CCOC(=O)c1nc(NCCc2ccsc2)sc1C. The van der Waals surface area contributed by atoms with Gasteiger partial charge in [0.05, 0.1) is 6.61 Å². The average molecular weight is 296 g/mol. The molecule has 19 heavy (non-hydrogen) atoms. The molecule has 2 rings (SSSR count). The number of nitrogens with zero attached hydrogens (tertiary/aromatic N) is 1. The summed E-state index contributed by atoms with van der Waals surface area (Å²) in [4.78, 5) is 16.8. The fourth-order valence-corrected chi connectivity index (χ4v) is 3.14. The molecule has 0 radical (unpaired) electrons. The molecular formula is C13H16N2O2S2. The van der Waals surface area contributed by atoms with Crippen LogP contribution in [0, 0.1) is 6.92 Å². The molecular weight excluding hydrogens is 280 g/mol. The molecule has 0 unspecified atom stereocenters. The predicted molar refractivity (Wildman–Crippen MR) is 79.3 cm³/mol. The van der Waals surface area contributed by atoms with E-state index in [2.05, 4.69) is 27.1 Å². The summed E-state index contributed by atoms with van der Waals surface area (Å²) in [6.07, 6.45) is 0.955. The number of rotatable bonds is 6. The van der Waals surface area contributed by atoms with E-state index in [0.717, 1.165) is 23.0 Å². The van der Waals surface area contributed by atoms with E-state index in [-0.39, 0.29) is 5.97 Å². The molecule has 6 heteroatoms. The van der Waals surface area contributed by atoms with Gasteiger partial charge in [0.15, 0.2) is 10.8 Å². The number of nitrogens with one attached hydrogen (secondary N) is 1. The molecule has 0 aliphatic heterocycles. The lowest BCUT2D eigenvalue weighted by atomic mass is 10.2. The minimum absolute atomic E-state index is 0.345. The minimum Gasteiger partial charge on any atom is -0.461 e. The largest absolute Gasteiger partial charge is 0.461 e. The van der Waals surface area contributed by atoms with Crippen LogP contribution in [0.1, 0.15) is 27.9 Å². The highest BCUT2D eigenvalue weighted by atomic mass is 32.1. The summed E-state index contributed by atoms with van der Waals surface area (Å²) < 4.78 is 4.96. The summed E-state index contributed by atoms with van der Waals surface area (Å²) in [6, 6.07) is 2.11. The number of carbonyl (C=O) groups is 1. The van der Waals surface area contributed by atoms with Crippen LogP contribution >= 0.6 is 22.7 Å². The fourth-order valence-electron chi connectivity index (χ4n) is 1.61. The molecule has 1 N–H and O–H groups in total. The van der Waals surface area contributed by atoms with Crippen LogP contribution in [0.25, 0.3) is 0 Å². The van der Waals surface area contributed by atoms with Gasteiger partial charge in [-0.2, -0.15) is 11.3 Å². The van der Waals surface area contributed by atoms with Gasteiger partial charge < -0.3 is 10.1 Å². The Bertz CT molecular complexity index is 535. The Morgan fingerprint density at radius 1 is 1.53 bits per heavy atom. The third-order valence-electron chi connectivity index (χ3n) is 2.54. The summed E-state index contributed by atoms with van der Waals surface area (Å²) in [5.74, 6) is -0.345. The van der Waals surface area contributed by atoms with E-state index in [1.165, 1.54) is 16.9 Å². The number of thiazole rings is 1. The second-order valence-corrected chi connectivity index (χ2v) is 5.94. The lowest BCUT2D eigenvalue weighted by Crippen LogP contribution is -2.08. The quantitative estimate of drug-likeness (QED) is 0.831. The average Bonchev–Trinajstić information content (AvgIpc) is 2.99. The van der Waals surface area contributed by atoms with Crippen LogP contribution < -0.4 is 5.32 Å². The van der Waals surface area contributed by atoms with E-state index in [0.29, 0.717) is 12.3 Å². The van der Waals surface area contributed by atoms with Crippen molar-refractivity contribution in [2.24, 2.45) is 0 Å². The summed E-state index contributed by atoms with van der Waals surface area (Å²) in [5.41, 5.74) is 1.74. The number of hydrogen-bond acceptors (Lipinski definition) is 6. The third-order valence-corrected chi connectivity index (χ3v) is 4.20. The van der Waals surface area contributed by atoms with Gasteiger partial charge in [-0.3, -0.25) is 0 Å². The van der Waals surface area contributed by atoms with Gasteiger partial charge in [-0.15, -0.1) is 11.3 Å². The van der Waals surface area contributed by atoms with Gasteiger partial charge in [0.1, 0.15) is 0 Å². The van der Waals surface area contributed by atoms with E-state index < -0.39 is 0 Å². The van der Waals surface area contributed by atoms with Crippen LogP contribution in [0.15, 0.2) is 16.8 Å². The van der Waals surface area contributed by atoms with Crippen LogP contribution in [0.2, 0.25) is 0 Å². The monoisotopic (exact) mass is 296 g/mol. The molecule has 0 spiro atoms. The molecule has 0 bridgehead atoms. The topological polar surface area (TPSA) is 51.2 Å². The van der Waals surface area contributed by atoms with Crippen molar-refractivity contribution in [2.75, 3.05) is 18.5 Å². The number of anilines is 1. The van der Waals surface area contributed by atoms with Gasteiger partial charge in [0, 0.05) is 11.4 Å². The lowest BCUT2D eigenvalue weighted by Gasteiger charge is -2.00. The minimum atomic E-state index is -0.345. The Balaban J connectivity index is 1.90. The molecule has 0 amide bonds. The second-order valence-electron chi connectivity index (χ2n) is 3.95. The van der Waals surface area contributed by atoms with Crippen molar-refractivity contribution in [2.45, 2.75) is 20.3 Å². The van der Waals surface area contributed by atoms with Gasteiger partial charge in [-0.1, -0.05) is 0 Å². The molecule has 0 fully saturated rings. The van der Waals surface area contributed by atoms with Crippen molar-refractivity contribution in [3.8, 4) is 0 Å². The molecule has 0 saturated carbocycles. The standard InChI is InChI=1S/C13H16N2O2S2/c1-3-17-12(16)11-9(2)19-13(15-11)14-6-4-10-5-7-18-8-10/h5,7-8H,3-4,6H2,1-2H3,(H,14,15). The fraction of sp³-hybridized carbons (Fsp3) is 0.385. The van der Waals surface area contributed by atoms with Crippen molar-refractivity contribution < 1.29 is 9.53 Å². The Hall–Kier alpha value is -1.40. The molecule has 4 nitrogen and oxygen atoms in total. The smallest absolute Gasteiger partial charge is 0.358 e. The van der Waals surface area contributed by atoms with Crippen LogP contribution in [0.5, 0.6) is 0 Å². The van der Waals surface area contributed by atoms with Crippen molar-refractivity contribution >= 4 is 33.8 Å². The van der Waals surface area contributed by atoms with Crippen LogP contribution in [0.3, 0.4) is 0 Å². The van der Waals surface area contributed by atoms with Crippen molar-refractivity contribution in [1.82, 2.24) is 4.98 Å². The maximum atomic E-state index is 11.6. The summed E-state index contributed by atoms with van der Waals surface area (Å²) in [6.45, 7) is 4.86. The highest BCUT2D eigenvalue weighted by Crippen LogP contribution is 2.22. The van der Waals surface area contributed by atoms with E-state index in [1.807, 2.05) is 6.92 Å². The number of thiophene rings is 1. The van der Waals surface area contributed by atoms with Crippen molar-refractivity contribution in [1.29, 1.82) is 0 Å². The van der Waals surface area contributed by atoms with Crippen LogP contribution in [0.4, 0.5) is 5.13 Å². The first-order valence-corrected chi connectivity index (χ1v) is 7.86. The number of ether oxygens (including phenoxy) is 1. The summed E-state index contributed by atoms with van der Waals surface area (Å²) >= 11 is 3.19. The van der Waals surface area contributed by atoms with E-state index in [9.17, 15) is 4.79 Å². The highest BCUT2D eigenvalue weighted by Gasteiger charge is 2.16. The van der Waals surface area contributed by atoms with E-state index in [4.69, 9.17) is 4.74 Å².